The minimum Gasteiger partial charge on any atom is -0.324 e. The lowest BCUT2D eigenvalue weighted by Crippen LogP contribution is -2.20. The number of aryl methyl sites for hydroxylation is 1. The summed E-state index contributed by atoms with van der Waals surface area (Å²) in [7, 11) is 0. The standard InChI is InChI=1S/C13H18ClN/c1-9-5-11(8-12(14)6-9)13(15)7-10-3-2-4-10/h5-6,8,10,13H,2-4,7,15H2,1H3. The van der Waals surface area contributed by atoms with Crippen molar-refractivity contribution >= 4 is 11.6 Å². The van der Waals surface area contributed by atoms with E-state index in [1.165, 1.54) is 30.4 Å². The van der Waals surface area contributed by atoms with Gasteiger partial charge in [-0.25, -0.2) is 0 Å². The van der Waals surface area contributed by atoms with Crippen LogP contribution in [0.15, 0.2) is 18.2 Å². The van der Waals surface area contributed by atoms with Crippen LogP contribution in [-0.2, 0) is 0 Å². The van der Waals surface area contributed by atoms with E-state index >= 15 is 0 Å². The number of rotatable bonds is 3. The van der Waals surface area contributed by atoms with Crippen LogP contribution in [0, 0.1) is 12.8 Å². The summed E-state index contributed by atoms with van der Waals surface area (Å²) in [5.74, 6) is 0.847. The van der Waals surface area contributed by atoms with Crippen molar-refractivity contribution in [3.8, 4) is 0 Å². The Morgan fingerprint density at radius 1 is 1.40 bits per heavy atom. The lowest BCUT2D eigenvalue weighted by Gasteiger charge is -2.28. The quantitative estimate of drug-likeness (QED) is 0.828. The highest BCUT2D eigenvalue weighted by Crippen LogP contribution is 2.34. The Morgan fingerprint density at radius 3 is 2.67 bits per heavy atom. The predicted octanol–water partition coefficient (Wildman–Crippen LogP) is 3.84. The lowest BCUT2D eigenvalue weighted by molar-refractivity contribution is 0.277. The maximum Gasteiger partial charge on any atom is 0.0411 e. The van der Waals surface area contributed by atoms with Crippen LogP contribution in [-0.4, -0.2) is 0 Å². The molecule has 0 aromatic heterocycles. The van der Waals surface area contributed by atoms with Crippen LogP contribution in [0.2, 0.25) is 5.02 Å². The molecular formula is C13H18ClN. The molecule has 0 aliphatic heterocycles. The molecule has 1 aromatic carbocycles. The molecule has 0 heterocycles. The van der Waals surface area contributed by atoms with Crippen LogP contribution in [0.1, 0.15) is 42.9 Å². The van der Waals surface area contributed by atoms with Gasteiger partial charge in [0.25, 0.3) is 0 Å². The molecule has 1 aliphatic carbocycles. The van der Waals surface area contributed by atoms with Crippen molar-refractivity contribution in [2.24, 2.45) is 11.7 Å². The third-order valence-corrected chi connectivity index (χ3v) is 3.52. The van der Waals surface area contributed by atoms with Crippen molar-refractivity contribution in [2.75, 3.05) is 0 Å². The fraction of sp³-hybridized carbons (Fsp3) is 0.538. The van der Waals surface area contributed by atoms with Gasteiger partial charge in [0.15, 0.2) is 0 Å². The largest absolute Gasteiger partial charge is 0.324 e. The zero-order valence-electron chi connectivity index (χ0n) is 9.17. The van der Waals surface area contributed by atoms with Crippen molar-refractivity contribution in [2.45, 2.75) is 38.6 Å². The number of hydrogen-bond acceptors (Lipinski definition) is 1. The molecule has 1 aliphatic rings. The van der Waals surface area contributed by atoms with Gasteiger partial charge >= 0.3 is 0 Å². The van der Waals surface area contributed by atoms with E-state index in [-0.39, 0.29) is 6.04 Å². The van der Waals surface area contributed by atoms with Gasteiger partial charge in [0.1, 0.15) is 0 Å². The molecule has 0 amide bonds. The van der Waals surface area contributed by atoms with Gasteiger partial charge in [-0.2, -0.15) is 0 Å². The summed E-state index contributed by atoms with van der Waals surface area (Å²) in [6.07, 6.45) is 5.20. The van der Waals surface area contributed by atoms with Crippen LogP contribution in [0.4, 0.5) is 0 Å². The summed E-state index contributed by atoms with van der Waals surface area (Å²) >= 11 is 6.02. The van der Waals surface area contributed by atoms with E-state index in [1.807, 2.05) is 12.1 Å². The van der Waals surface area contributed by atoms with E-state index in [0.717, 1.165) is 17.4 Å². The monoisotopic (exact) mass is 223 g/mol. The Labute approximate surface area is 96.6 Å². The van der Waals surface area contributed by atoms with Crippen molar-refractivity contribution < 1.29 is 0 Å². The maximum absolute atomic E-state index is 6.18. The first kappa shape index (κ1) is 11.0. The van der Waals surface area contributed by atoms with E-state index in [0.29, 0.717) is 0 Å². The average molecular weight is 224 g/mol. The molecule has 1 atom stereocenters. The van der Waals surface area contributed by atoms with Crippen LogP contribution in [0.3, 0.4) is 0 Å². The fourth-order valence-corrected chi connectivity index (χ4v) is 2.50. The molecule has 1 saturated carbocycles. The Bertz CT molecular complexity index is 324. The molecule has 2 heteroatoms. The Morgan fingerprint density at radius 2 is 2.13 bits per heavy atom. The van der Waals surface area contributed by atoms with Crippen molar-refractivity contribution in [1.29, 1.82) is 0 Å². The second kappa shape index (κ2) is 4.54. The molecule has 0 radical (unpaired) electrons. The van der Waals surface area contributed by atoms with Crippen molar-refractivity contribution in [3.63, 3.8) is 0 Å². The topological polar surface area (TPSA) is 26.0 Å². The van der Waals surface area contributed by atoms with Gasteiger partial charge in [0, 0.05) is 11.1 Å². The Kier molecular flexibility index (Phi) is 3.32. The first-order chi connectivity index (χ1) is 7.15. The van der Waals surface area contributed by atoms with Crippen LogP contribution < -0.4 is 5.73 Å². The van der Waals surface area contributed by atoms with Gasteiger partial charge in [-0.3, -0.25) is 0 Å². The number of halogens is 1. The zero-order chi connectivity index (χ0) is 10.8. The first-order valence-corrected chi connectivity index (χ1v) is 6.05. The summed E-state index contributed by atoms with van der Waals surface area (Å²) in [4.78, 5) is 0. The van der Waals surface area contributed by atoms with Gasteiger partial charge in [0.05, 0.1) is 0 Å². The van der Waals surface area contributed by atoms with Crippen LogP contribution in [0.25, 0.3) is 0 Å². The molecule has 1 unspecified atom stereocenters. The minimum atomic E-state index is 0.160. The molecular weight excluding hydrogens is 206 g/mol. The second-order valence-electron chi connectivity index (χ2n) is 4.70. The Hall–Kier alpha value is -0.530. The average Bonchev–Trinajstić information content (AvgIpc) is 2.09. The first-order valence-electron chi connectivity index (χ1n) is 5.68. The highest BCUT2D eigenvalue weighted by Gasteiger charge is 2.21. The number of hydrogen-bond donors (Lipinski definition) is 1. The van der Waals surface area contributed by atoms with Crippen molar-refractivity contribution in [3.05, 3.63) is 34.3 Å². The molecule has 0 spiro atoms. The van der Waals surface area contributed by atoms with E-state index in [4.69, 9.17) is 17.3 Å². The normalized spacial score (nSPS) is 18.6. The third-order valence-electron chi connectivity index (χ3n) is 3.30. The third kappa shape index (κ3) is 2.73. The highest BCUT2D eigenvalue weighted by molar-refractivity contribution is 6.30. The van der Waals surface area contributed by atoms with E-state index in [2.05, 4.69) is 13.0 Å². The number of nitrogens with two attached hydrogens (primary N) is 1. The molecule has 0 saturated heterocycles. The SMILES string of the molecule is Cc1cc(Cl)cc(C(N)CC2CCC2)c1. The number of benzene rings is 1. The van der Waals surface area contributed by atoms with Gasteiger partial charge < -0.3 is 5.73 Å². The second-order valence-corrected chi connectivity index (χ2v) is 5.14. The summed E-state index contributed by atoms with van der Waals surface area (Å²) in [5, 5.41) is 0.800. The summed E-state index contributed by atoms with van der Waals surface area (Å²) < 4.78 is 0. The maximum atomic E-state index is 6.18. The molecule has 82 valence electrons. The smallest absolute Gasteiger partial charge is 0.0411 e. The van der Waals surface area contributed by atoms with E-state index in [9.17, 15) is 0 Å². The molecule has 1 fully saturated rings. The van der Waals surface area contributed by atoms with Gasteiger partial charge in [0.2, 0.25) is 0 Å². The predicted molar refractivity (Wildman–Crippen MR) is 65.1 cm³/mol. The van der Waals surface area contributed by atoms with Crippen molar-refractivity contribution in [1.82, 2.24) is 0 Å². The molecule has 15 heavy (non-hydrogen) atoms. The molecule has 1 aromatic rings. The molecule has 2 N–H and O–H groups in total. The molecule has 0 bridgehead atoms. The van der Waals surface area contributed by atoms with Crippen LogP contribution in [0.5, 0.6) is 0 Å². The fourth-order valence-electron chi connectivity index (χ4n) is 2.20. The highest BCUT2D eigenvalue weighted by atomic mass is 35.5. The van der Waals surface area contributed by atoms with E-state index in [1.54, 1.807) is 0 Å². The Balaban J connectivity index is 2.06. The minimum absolute atomic E-state index is 0.160. The van der Waals surface area contributed by atoms with Gasteiger partial charge in [-0.1, -0.05) is 36.9 Å². The molecule has 1 nitrogen and oxygen atoms in total. The summed E-state index contributed by atoms with van der Waals surface area (Å²) in [6, 6.07) is 6.28. The summed E-state index contributed by atoms with van der Waals surface area (Å²) in [5.41, 5.74) is 8.57. The zero-order valence-corrected chi connectivity index (χ0v) is 9.93. The van der Waals surface area contributed by atoms with Crippen LogP contribution >= 0.6 is 11.6 Å². The van der Waals surface area contributed by atoms with Gasteiger partial charge in [-0.05, 0) is 42.5 Å². The summed E-state index contributed by atoms with van der Waals surface area (Å²) in [6.45, 7) is 2.06. The molecule has 2 rings (SSSR count). The lowest BCUT2D eigenvalue weighted by atomic mass is 9.80. The van der Waals surface area contributed by atoms with E-state index < -0.39 is 0 Å². The van der Waals surface area contributed by atoms with Gasteiger partial charge in [-0.15, -0.1) is 0 Å².